The number of anilines is 1. The fourth-order valence-electron chi connectivity index (χ4n) is 2.85. The monoisotopic (exact) mass is 316 g/mol. The maximum atomic E-state index is 12.2. The van der Waals surface area contributed by atoms with Crippen molar-refractivity contribution in [2.75, 3.05) is 11.7 Å². The predicted molar refractivity (Wildman–Crippen MR) is 82.2 cm³/mol. The van der Waals surface area contributed by atoms with Crippen LogP contribution >= 0.6 is 11.6 Å². The van der Waals surface area contributed by atoms with Crippen molar-refractivity contribution in [1.82, 2.24) is 0 Å². The minimum Gasteiger partial charge on any atom is -0.454 e. The Labute approximate surface area is 132 Å². The van der Waals surface area contributed by atoms with Gasteiger partial charge in [-0.05, 0) is 42.0 Å². The summed E-state index contributed by atoms with van der Waals surface area (Å²) < 4.78 is 10.7. The van der Waals surface area contributed by atoms with Crippen LogP contribution in [0.4, 0.5) is 5.69 Å². The number of hydrogen-bond donors (Lipinski definition) is 1. The third-order valence-electron chi connectivity index (χ3n) is 3.98. The average Bonchev–Trinajstić information content (AvgIpc) is 3.00. The highest BCUT2D eigenvalue weighted by Gasteiger charge is 2.46. The highest BCUT2D eigenvalue weighted by molar-refractivity contribution is 6.30. The number of nitrogens with zero attached hydrogens (tertiary/aromatic N) is 1. The largest absolute Gasteiger partial charge is 0.454 e. The third kappa shape index (κ3) is 1.94. The first kappa shape index (κ1) is 13.4. The molecule has 6 heteroatoms. The van der Waals surface area contributed by atoms with E-state index in [9.17, 15) is 4.79 Å². The molecule has 0 bridgehead atoms. The molecular formula is C16H13ClN2O3. The van der Waals surface area contributed by atoms with Gasteiger partial charge in [-0.1, -0.05) is 17.7 Å². The number of fused-ring (bicyclic) bond motifs is 1. The van der Waals surface area contributed by atoms with Gasteiger partial charge >= 0.3 is 0 Å². The van der Waals surface area contributed by atoms with Crippen molar-refractivity contribution in [2.24, 2.45) is 5.73 Å². The lowest BCUT2D eigenvalue weighted by Crippen LogP contribution is -2.63. The second-order valence-corrected chi connectivity index (χ2v) is 5.70. The van der Waals surface area contributed by atoms with Crippen LogP contribution < -0.4 is 20.1 Å². The van der Waals surface area contributed by atoms with Crippen molar-refractivity contribution in [3.8, 4) is 11.5 Å². The van der Waals surface area contributed by atoms with Gasteiger partial charge in [0.2, 0.25) is 12.7 Å². The van der Waals surface area contributed by atoms with Gasteiger partial charge in [0.15, 0.2) is 11.5 Å². The molecule has 2 aromatic carbocycles. The van der Waals surface area contributed by atoms with Gasteiger partial charge in [0.1, 0.15) is 6.04 Å². The number of β-lactam (4-membered cyclic amide) rings is 1. The molecule has 1 fully saturated rings. The number of carbonyl (C=O) groups is 1. The van der Waals surface area contributed by atoms with Crippen LogP contribution in [-0.4, -0.2) is 18.7 Å². The second-order valence-electron chi connectivity index (χ2n) is 5.27. The summed E-state index contributed by atoms with van der Waals surface area (Å²) in [4.78, 5) is 13.9. The van der Waals surface area contributed by atoms with E-state index in [0.29, 0.717) is 16.5 Å². The van der Waals surface area contributed by atoms with E-state index in [0.717, 1.165) is 11.3 Å². The number of hydrogen-bond acceptors (Lipinski definition) is 4. The zero-order chi connectivity index (χ0) is 15.3. The molecule has 2 aliphatic rings. The molecule has 0 radical (unpaired) electrons. The van der Waals surface area contributed by atoms with E-state index in [2.05, 4.69) is 0 Å². The van der Waals surface area contributed by atoms with Gasteiger partial charge in [0.25, 0.3) is 0 Å². The molecule has 0 aromatic heterocycles. The summed E-state index contributed by atoms with van der Waals surface area (Å²) >= 11 is 5.90. The Morgan fingerprint density at radius 1 is 1.09 bits per heavy atom. The topological polar surface area (TPSA) is 64.8 Å². The van der Waals surface area contributed by atoms with E-state index in [-0.39, 0.29) is 18.7 Å². The van der Waals surface area contributed by atoms with Crippen LogP contribution in [0.25, 0.3) is 0 Å². The number of benzene rings is 2. The van der Waals surface area contributed by atoms with E-state index < -0.39 is 6.04 Å². The molecule has 2 N–H and O–H groups in total. The summed E-state index contributed by atoms with van der Waals surface area (Å²) in [6, 6.07) is 12.0. The summed E-state index contributed by atoms with van der Waals surface area (Å²) in [5, 5.41) is 0.626. The first-order valence-corrected chi connectivity index (χ1v) is 7.27. The number of nitrogens with two attached hydrogens (primary N) is 1. The minimum atomic E-state index is -0.559. The first-order chi connectivity index (χ1) is 10.6. The van der Waals surface area contributed by atoms with Gasteiger partial charge in [-0.3, -0.25) is 4.79 Å². The van der Waals surface area contributed by atoms with E-state index in [1.54, 1.807) is 17.0 Å². The summed E-state index contributed by atoms with van der Waals surface area (Å²) in [5.74, 6) is 1.28. The Morgan fingerprint density at radius 2 is 1.82 bits per heavy atom. The smallest absolute Gasteiger partial charge is 0.247 e. The van der Waals surface area contributed by atoms with Crippen molar-refractivity contribution < 1.29 is 14.3 Å². The summed E-state index contributed by atoms with van der Waals surface area (Å²) in [6.45, 7) is 0.218. The minimum absolute atomic E-state index is 0.106. The molecule has 0 saturated carbocycles. The normalized spacial score (nSPS) is 22.6. The molecule has 5 nitrogen and oxygen atoms in total. The van der Waals surface area contributed by atoms with Gasteiger partial charge in [0.05, 0.1) is 6.04 Å². The maximum absolute atomic E-state index is 12.2. The fraction of sp³-hybridized carbons (Fsp3) is 0.188. The molecule has 1 saturated heterocycles. The van der Waals surface area contributed by atoms with Crippen molar-refractivity contribution >= 4 is 23.2 Å². The fourth-order valence-corrected chi connectivity index (χ4v) is 2.98. The Balaban J connectivity index is 1.70. The lowest BCUT2D eigenvalue weighted by molar-refractivity contribution is -0.126. The number of rotatable bonds is 2. The molecule has 0 spiro atoms. The van der Waals surface area contributed by atoms with Gasteiger partial charge in [0, 0.05) is 10.7 Å². The zero-order valence-corrected chi connectivity index (χ0v) is 12.3. The summed E-state index contributed by atoms with van der Waals surface area (Å²) in [5.41, 5.74) is 7.71. The second kappa shape index (κ2) is 4.90. The van der Waals surface area contributed by atoms with E-state index in [1.165, 1.54) is 0 Å². The van der Waals surface area contributed by atoms with Crippen molar-refractivity contribution in [2.45, 2.75) is 12.1 Å². The van der Waals surface area contributed by atoms with Crippen LogP contribution in [0.5, 0.6) is 11.5 Å². The molecule has 112 valence electrons. The van der Waals surface area contributed by atoms with E-state index in [1.807, 2.05) is 30.3 Å². The van der Waals surface area contributed by atoms with E-state index in [4.69, 9.17) is 26.8 Å². The number of carbonyl (C=O) groups excluding carboxylic acids is 1. The van der Waals surface area contributed by atoms with Crippen LogP contribution in [0.3, 0.4) is 0 Å². The average molecular weight is 317 g/mol. The maximum Gasteiger partial charge on any atom is 0.247 e. The Hall–Kier alpha value is -2.24. The van der Waals surface area contributed by atoms with Gasteiger partial charge in [-0.2, -0.15) is 0 Å². The van der Waals surface area contributed by atoms with Crippen molar-refractivity contribution in [3.63, 3.8) is 0 Å². The lowest BCUT2D eigenvalue weighted by atomic mass is 9.88. The van der Waals surface area contributed by atoms with Gasteiger partial charge < -0.3 is 20.1 Å². The third-order valence-corrected chi connectivity index (χ3v) is 4.24. The SMILES string of the molecule is N[C@@H]1C(=O)N(c2ccc(Cl)cc2)[C@@H]1c1ccc2c(c1)OCO2. The van der Waals surface area contributed by atoms with Crippen LogP contribution in [0.1, 0.15) is 11.6 Å². The lowest BCUT2D eigenvalue weighted by Gasteiger charge is -2.45. The van der Waals surface area contributed by atoms with Crippen LogP contribution in [0.15, 0.2) is 42.5 Å². The molecule has 4 rings (SSSR count). The molecule has 0 unspecified atom stereocenters. The molecule has 2 atom stereocenters. The molecule has 22 heavy (non-hydrogen) atoms. The molecular weight excluding hydrogens is 304 g/mol. The summed E-state index contributed by atoms with van der Waals surface area (Å²) in [6.07, 6.45) is 0. The first-order valence-electron chi connectivity index (χ1n) is 6.89. The standard InChI is InChI=1S/C16H13ClN2O3/c17-10-2-4-11(5-3-10)19-15(14(18)16(19)20)9-1-6-12-13(7-9)22-8-21-12/h1-7,14-15H,8,18H2/t14-,15+/m0/s1. The van der Waals surface area contributed by atoms with Crippen LogP contribution in [0.2, 0.25) is 5.02 Å². The quantitative estimate of drug-likeness (QED) is 0.865. The molecule has 2 aliphatic heterocycles. The molecule has 2 heterocycles. The van der Waals surface area contributed by atoms with Crippen LogP contribution in [-0.2, 0) is 4.79 Å². The number of ether oxygens (including phenoxy) is 2. The van der Waals surface area contributed by atoms with Gasteiger partial charge in [-0.15, -0.1) is 0 Å². The number of amides is 1. The predicted octanol–water partition coefficient (Wildman–Crippen LogP) is 2.48. The highest BCUT2D eigenvalue weighted by atomic mass is 35.5. The van der Waals surface area contributed by atoms with Crippen molar-refractivity contribution in [3.05, 3.63) is 53.1 Å². The molecule has 0 aliphatic carbocycles. The Kier molecular flexibility index (Phi) is 2.99. The zero-order valence-electron chi connectivity index (χ0n) is 11.5. The molecule has 1 amide bonds. The Bertz CT molecular complexity index is 748. The molecule has 2 aromatic rings. The van der Waals surface area contributed by atoms with Crippen LogP contribution in [0, 0.1) is 0 Å². The highest BCUT2D eigenvalue weighted by Crippen LogP contribution is 2.42. The van der Waals surface area contributed by atoms with E-state index >= 15 is 0 Å². The van der Waals surface area contributed by atoms with Gasteiger partial charge in [-0.25, -0.2) is 0 Å². The Morgan fingerprint density at radius 3 is 2.59 bits per heavy atom. The van der Waals surface area contributed by atoms with Crippen molar-refractivity contribution in [1.29, 1.82) is 0 Å². The summed E-state index contributed by atoms with van der Waals surface area (Å²) in [7, 11) is 0. The number of halogens is 1.